The van der Waals surface area contributed by atoms with E-state index in [1.165, 1.54) is 37.7 Å². The number of nitrogens with one attached hydrogen (secondary N) is 1. The Labute approximate surface area is 138 Å². The molecule has 1 saturated heterocycles. The Morgan fingerprint density at radius 3 is 2.71 bits per heavy atom. The van der Waals surface area contributed by atoms with Gasteiger partial charge in [-0.2, -0.15) is 0 Å². The second-order valence-electron chi connectivity index (χ2n) is 4.87. The lowest BCUT2D eigenvalue weighted by Crippen LogP contribution is -2.25. The molecule has 0 spiro atoms. The molecule has 0 atom stereocenters. The summed E-state index contributed by atoms with van der Waals surface area (Å²) in [6, 6.07) is 0. The van der Waals surface area contributed by atoms with Crippen LogP contribution in [0.25, 0.3) is 0 Å². The van der Waals surface area contributed by atoms with Crippen LogP contribution < -0.4 is 5.32 Å². The summed E-state index contributed by atoms with van der Waals surface area (Å²) in [6.45, 7) is 6.40. The van der Waals surface area contributed by atoms with E-state index in [4.69, 9.17) is 0 Å². The first kappa shape index (κ1) is 17.1. The van der Waals surface area contributed by atoms with E-state index in [0.717, 1.165) is 33.9 Å². The Morgan fingerprint density at radius 1 is 1.29 bits per heavy atom. The van der Waals surface area contributed by atoms with Crippen LogP contribution in [0.15, 0.2) is 8.68 Å². The third-order valence-electron chi connectivity index (χ3n) is 3.12. The van der Waals surface area contributed by atoms with Gasteiger partial charge in [0.05, 0.1) is 5.75 Å². The van der Waals surface area contributed by atoms with Crippen LogP contribution in [0.2, 0.25) is 0 Å². The Hall–Kier alpha value is -0.310. The second kappa shape index (κ2) is 9.66. The fourth-order valence-electron chi connectivity index (χ4n) is 2.02. The molecule has 0 unspecified atom stereocenters. The fourth-order valence-corrected chi connectivity index (χ4v) is 4.95. The molecule has 1 fully saturated rings. The molecule has 2 rings (SSSR count). The topological polar surface area (TPSA) is 58.1 Å². The van der Waals surface area contributed by atoms with Crippen molar-refractivity contribution in [2.75, 3.05) is 37.7 Å². The first-order valence-electron chi connectivity index (χ1n) is 7.36. The zero-order chi connectivity index (χ0) is 14.9. The maximum absolute atomic E-state index is 11.5. The number of hydrogen-bond acceptors (Lipinski definition) is 7. The molecule has 0 aliphatic carbocycles. The number of nitrogens with zero attached hydrogens (tertiary/aromatic N) is 3. The van der Waals surface area contributed by atoms with Gasteiger partial charge in [0.1, 0.15) is 0 Å². The number of carbonyl (C=O) groups is 1. The van der Waals surface area contributed by atoms with Crippen molar-refractivity contribution in [3.8, 4) is 0 Å². The molecular formula is C13H22N4OS3. The normalized spacial score (nSPS) is 15.5. The van der Waals surface area contributed by atoms with E-state index < -0.39 is 0 Å². The number of thioether (sulfide) groups is 2. The highest BCUT2D eigenvalue weighted by molar-refractivity contribution is 8.03. The van der Waals surface area contributed by atoms with Gasteiger partial charge >= 0.3 is 0 Å². The third-order valence-corrected chi connectivity index (χ3v) is 6.29. The standard InChI is InChI=1S/C13H22N4OS3/c1-2-5-14-11(18)10-20-13-16-15-12(21-13)19-9-8-17-6-3-4-7-17/h2-10H2,1H3,(H,14,18). The maximum atomic E-state index is 11.5. The number of amides is 1. The summed E-state index contributed by atoms with van der Waals surface area (Å²) in [5, 5.41) is 11.2. The molecule has 1 N–H and O–H groups in total. The Balaban J connectivity index is 1.62. The van der Waals surface area contributed by atoms with Gasteiger partial charge in [0.15, 0.2) is 8.68 Å². The van der Waals surface area contributed by atoms with E-state index in [0.29, 0.717) is 5.75 Å². The van der Waals surface area contributed by atoms with Gasteiger partial charge in [-0.25, -0.2) is 0 Å². The highest BCUT2D eigenvalue weighted by Crippen LogP contribution is 2.28. The molecule has 2 heterocycles. The molecule has 1 amide bonds. The predicted molar refractivity (Wildman–Crippen MR) is 90.3 cm³/mol. The van der Waals surface area contributed by atoms with Crippen LogP contribution in [0.5, 0.6) is 0 Å². The van der Waals surface area contributed by atoms with E-state index in [1.807, 2.05) is 6.92 Å². The molecule has 5 nitrogen and oxygen atoms in total. The summed E-state index contributed by atoms with van der Waals surface area (Å²) in [4.78, 5) is 14.0. The smallest absolute Gasteiger partial charge is 0.230 e. The van der Waals surface area contributed by atoms with Gasteiger partial charge in [-0.15, -0.1) is 10.2 Å². The van der Waals surface area contributed by atoms with Gasteiger partial charge < -0.3 is 10.2 Å². The van der Waals surface area contributed by atoms with Crippen LogP contribution in [0, 0.1) is 0 Å². The molecule has 1 aromatic rings. The zero-order valence-corrected chi connectivity index (χ0v) is 14.8. The predicted octanol–water partition coefficient (Wildman–Crippen LogP) is 2.34. The summed E-state index contributed by atoms with van der Waals surface area (Å²) >= 11 is 4.82. The number of aromatic nitrogens is 2. The highest BCUT2D eigenvalue weighted by Gasteiger charge is 2.12. The Bertz CT molecular complexity index is 435. The van der Waals surface area contributed by atoms with E-state index in [2.05, 4.69) is 20.4 Å². The molecule has 0 bridgehead atoms. The first-order chi connectivity index (χ1) is 10.3. The SMILES string of the molecule is CCCNC(=O)CSc1nnc(SCCN2CCCC2)s1. The quantitative estimate of drug-likeness (QED) is 0.693. The van der Waals surface area contributed by atoms with Crippen molar-refractivity contribution in [1.82, 2.24) is 20.4 Å². The summed E-state index contributed by atoms with van der Waals surface area (Å²) in [5.74, 6) is 1.56. The molecule has 1 aromatic heterocycles. The first-order valence-corrected chi connectivity index (χ1v) is 10.1. The van der Waals surface area contributed by atoms with Crippen molar-refractivity contribution >= 4 is 40.8 Å². The van der Waals surface area contributed by atoms with Gasteiger partial charge in [0.2, 0.25) is 5.91 Å². The lowest BCUT2D eigenvalue weighted by atomic mass is 10.4. The van der Waals surface area contributed by atoms with Crippen molar-refractivity contribution in [2.24, 2.45) is 0 Å². The Morgan fingerprint density at radius 2 is 2.00 bits per heavy atom. The molecule has 118 valence electrons. The zero-order valence-electron chi connectivity index (χ0n) is 12.3. The molecule has 1 aliphatic heterocycles. The third kappa shape index (κ3) is 6.54. The van der Waals surface area contributed by atoms with Crippen LogP contribution in [0.1, 0.15) is 26.2 Å². The number of hydrogen-bond donors (Lipinski definition) is 1. The van der Waals surface area contributed by atoms with Crippen LogP contribution in [0.4, 0.5) is 0 Å². The summed E-state index contributed by atoms with van der Waals surface area (Å²) in [7, 11) is 0. The second-order valence-corrected chi connectivity index (χ2v) is 8.41. The average Bonchev–Trinajstić information content (AvgIpc) is 3.14. The Kier molecular flexibility index (Phi) is 7.84. The summed E-state index contributed by atoms with van der Waals surface area (Å²) in [6.07, 6.45) is 3.64. The number of rotatable bonds is 9. The molecule has 21 heavy (non-hydrogen) atoms. The molecule has 0 saturated carbocycles. The summed E-state index contributed by atoms with van der Waals surface area (Å²) in [5.41, 5.74) is 0. The van der Waals surface area contributed by atoms with E-state index in [1.54, 1.807) is 23.1 Å². The van der Waals surface area contributed by atoms with E-state index >= 15 is 0 Å². The van der Waals surface area contributed by atoms with E-state index in [9.17, 15) is 4.79 Å². The van der Waals surface area contributed by atoms with Gasteiger partial charge in [-0.3, -0.25) is 4.79 Å². The van der Waals surface area contributed by atoms with Crippen molar-refractivity contribution < 1.29 is 4.79 Å². The van der Waals surface area contributed by atoms with Crippen LogP contribution >= 0.6 is 34.9 Å². The lowest BCUT2D eigenvalue weighted by Gasteiger charge is -2.12. The molecule has 0 radical (unpaired) electrons. The van der Waals surface area contributed by atoms with Gasteiger partial charge in [0, 0.05) is 18.8 Å². The van der Waals surface area contributed by atoms with Crippen LogP contribution in [-0.2, 0) is 4.79 Å². The number of likely N-dealkylation sites (tertiary alicyclic amines) is 1. The molecule has 1 aliphatic rings. The van der Waals surface area contributed by atoms with Crippen molar-refractivity contribution in [1.29, 1.82) is 0 Å². The summed E-state index contributed by atoms with van der Waals surface area (Å²) < 4.78 is 1.89. The van der Waals surface area contributed by atoms with Gasteiger partial charge in [-0.05, 0) is 32.4 Å². The van der Waals surface area contributed by atoms with Crippen LogP contribution in [0.3, 0.4) is 0 Å². The highest BCUT2D eigenvalue weighted by atomic mass is 32.2. The van der Waals surface area contributed by atoms with Crippen molar-refractivity contribution in [3.05, 3.63) is 0 Å². The average molecular weight is 347 g/mol. The van der Waals surface area contributed by atoms with Gasteiger partial charge in [0.25, 0.3) is 0 Å². The minimum absolute atomic E-state index is 0.0697. The minimum atomic E-state index is 0.0697. The van der Waals surface area contributed by atoms with Crippen molar-refractivity contribution in [2.45, 2.75) is 34.9 Å². The maximum Gasteiger partial charge on any atom is 0.230 e. The molecular weight excluding hydrogens is 324 g/mol. The van der Waals surface area contributed by atoms with Gasteiger partial charge in [-0.1, -0.05) is 41.8 Å². The van der Waals surface area contributed by atoms with E-state index in [-0.39, 0.29) is 5.91 Å². The minimum Gasteiger partial charge on any atom is -0.355 e. The fraction of sp³-hybridized carbons (Fsp3) is 0.769. The largest absolute Gasteiger partial charge is 0.355 e. The number of carbonyl (C=O) groups excluding carboxylic acids is 1. The monoisotopic (exact) mass is 346 g/mol. The van der Waals surface area contributed by atoms with Crippen LogP contribution in [-0.4, -0.2) is 58.7 Å². The lowest BCUT2D eigenvalue weighted by molar-refractivity contribution is -0.118. The van der Waals surface area contributed by atoms with Crippen molar-refractivity contribution in [3.63, 3.8) is 0 Å². The molecule has 0 aromatic carbocycles. The molecule has 8 heteroatoms.